The van der Waals surface area contributed by atoms with Gasteiger partial charge < -0.3 is 15.3 Å². The molecule has 5 heteroatoms. The first kappa shape index (κ1) is 8.32. The first-order valence-electron chi connectivity index (χ1n) is 3.24. The molecule has 0 spiro atoms. The highest BCUT2D eigenvalue weighted by Crippen LogP contribution is 2.07. The van der Waals surface area contributed by atoms with Gasteiger partial charge in [0.1, 0.15) is 12.2 Å². The Hall–Kier alpha value is -1.78. The molecule has 0 bridgehead atoms. The van der Waals surface area contributed by atoms with Crippen LogP contribution in [0.1, 0.15) is 11.5 Å². The Morgan fingerprint density at radius 1 is 1.67 bits per heavy atom. The third-order valence-corrected chi connectivity index (χ3v) is 1.25. The SMILES string of the molecule is N=C(N)c1ccc(CC(=O)O)o1. The summed E-state index contributed by atoms with van der Waals surface area (Å²) in [7, 11) is 0. The predicted octanol–water partition coefficient (Wildman–Crippen LogP) is 0.191. The molecule has 12 heavy (non-hydrogen) atoms. The van der Waals surface area contributed by atoms with Gasteiger partial charge in [-0.2, -0.15) is 0 Å². The van der Waals surface area contributed by atoms with Crippen LogP contribution in [0.2, 0.25) is 0 Å². The van der Waals surface area contributed by atoms with Crippen LogP contribution in [-0.2, 0) is 11.2 Å². The maximum absolute atomic E-state index is 10.2. The lowest BCUT2D eigenvalue weighted by atomic mass is 10.3. The summed E-state index contributed by atoms with van der Waals surface area (Å²) in [5, 5.41) is 15.3. The van der Waals surface area contributed by atoms with Crippen LogP contribution in [0.3, 0.4) is 0 Å². The second kappa shape index (κ2) is 3.08. The van der Waals surface area contributed by atoms with E-state index in [1.807, 2.05) is 0 Å². The van der Waals surface area contributed by atoms with Crippen LogP contribution in [0.5, 0.6) is 0 Å². The smallest absolute Gasteiger partial charge is 0.311 e. The van der Waals surface area contributed by atoms with Crippen LogP contribution in [0.25, 0.3) is 0 Å². The van der Waals surface area contributed by atoms with Gasteiger partial charge in [-0.15, -0.1) is 0 Å². The number of furan rings is 1. The van der Waals surface area contributed by atoms with Gasteiger partial charge in [-0.25, -0.2) is 0 Å². The Bertz CT molecular complexity index is 316. The van der Waals surface area contributed by atoms with Crippen molar-refractivity contribution >= 4 is 11.8 Å². The molecule has 1 aromatic rings. The summed E-state index contributed by atoms with van der Waals surface area (Å²) in [5.74, 6) is -0.676. The van der Waals surface area contributed by atoms with E-state index in [1.54, 1.807) is 0 Å². The summed E-state index contributed by atoms with van der Waals surface area (Å²) >= 11 is 0. The maximum Gasteiger partial charge on any atom is 0.311 e. The molecular weight excluding hydrogens is 160 g/mol. The highest BCUT2D eigenvalue weighted by molar-refractivity contribution is 5.92. The van der Waals surface area contributed by atoms with Gasteiger partial charge in [0.25, 0.3) is 0 Å². The van der Waals surface area contributed by atoms with Gasteiger partial charge >= 0.3 is 5.97 Å². The molecule has 0 aliphatic rings. The van der Waals surface area contributed by atoms with Crippen molar-refractivity contribution in [3.05, 3.63) is 23.7 Å². The largest absolute Gasteiger partial charge is 0.481 e. The summed E-state index contributed by atoms with van der Waals surface area (Å²) in [5.41, 5.74) is 5.10. The van der Waals surface area contributed by atoms with Gasteiger partial charge in [-0.05, 0) is 12.1 Å². The standard InChI is InChI=1S/C7H8N2O3/c8-7(9)5-2-1-4(12-5)3-6(10)11/h1-2H,3H2,(H3,8,9)(H,10,11). The Balaban J connectivity index is 2.77. The Kier molecular flexibility index (Phi) is 2.14. The predicted molar refractivity (Wildman–Crippen MR) is 41.1 cm³/mol. The average Bonchev–Trinajstić information content (AvgIpc) is 2.34. The van der Waals surface area contributed by atoms with E-state index in [9.17, 15) is 4.79 Å². The molecule has 0 saturated carbocycles. The first-order chi connectivity index (χ1) is 5.59. The maximum atomic E-state index is 10.2. The molecule has 0 saturated heterocycles. The van der Waals surface area contributed by atoms with Crippen LogP contribution in [0.4, 0.5) is 0 Å². The van der Waals surface area contributed by atoms with E-state index < -0.39 is 5.97 Å². The van der Waals surface area contributed by atoms with Crippen molar-refractivity contribution in [3.63, 3.8) is 0 Å². The van der Waals surface area contributed by atoms with Gasteiger partial charge in [-0.3, -0.25) is 10.2 Å². The molecule has 4 N–H and O–H groups in total. The molecule has 0 unspecified atom stereocenters. The number of aliphatic carboxylic acids is 1. The molecule has 64 valence electrons. The van der Waals surface area contributed by atoms with Crippen molar-refractivity contribution in [3.8, 4) is 0 Å². The second-order valence-electron chi connectivity index (χ2n) is 2.25. The Morgan fingerprint density at radius 2 is 2.33 bits per heavy atom. The van der Waals surface area contributed by atoms with Gasteiger partial charge in [0.15, 0.2) is 11.6 Å². The van der Waals surface area contributed by atoms with Crippen molar-refractivity contribution in [1.29, 1.82) is 5.41 Å². The Labute approximate surface area is 68.3 Å². The zero-order valence-electron chi connectivity index (χ0n) is 6.20. The number of nitrogen functional groups attached to an aromatic ring is 1. The van der Waals surface area contributed by atoms with Gasteiger partial charge in [0.05, 0.1) is 0 Å². The average molecular weight is 168 g/mol. The Morgan fingerprint density at radius 3 is 2.75 bits per heavy atom. The van der Waals surface area contributed by atoms with E-state index in [4.69, 9.17) is 20.7 Å². The molecular formula is C7H8N2O3. The lowest BCUT2D eigenvalue weighted by Crippen LogP contribution is -2.09. The van der Waals surface area contributed by atoms with Gasteiger partial charge in [0.2, 0.25) is 0 Å². The number of nitrogens with two attached hydrogens (primary N) is 1. The number of rotatable bonds is 3. The minimum atomic E-state index is -0.973. The van der Waals surface area contributed by atoms with E-state index in [2.05, 4.69) is 0 Å². The van der Waals surface area contributed by atoms with Gasteiger partial charge in [-0.1, -0.05) is 0 Å². The summed E-state index contributed by atoms with van der Waals surface area (Å²) in [6.07, 6.45) is -0.187. The number of hydrogen-bond donors (Lipinski definition) is 3. The number of carboxylic acid groups (broad SMARTS) is 1. The molecule has 5 nitrogen and oxygen atoms in total. The van der Waals surface area contributed by atoms with E-state index in [0.29, 0.717) is 5.76 Å². The quantitative estimate of drug-likeness (QED) is 0.443. The lowest BCUT2D eigenvalue weighted by molar-refractivity contribution is -0.136. The van der Waals surface area contributed by atoms with Gasteiger partial charge in [0, 0.05) is 0 Å². The number of hydrogen-bond acceptors (Lipinski definition) is 3. The molecule has 1 aromatic heterocycles. The highest BCUT2D eigenvalue weighted by Gasteiger charge is 2.07. The van der Waals surface area contributed by atoms with Crippen molar-refractivity contribution in [2.75, 3.05) is 0 Å². The minimum absolute atomic E-state index is 0.187. The molecule has 0 aliphatic heterocycles. The van der Waals surface area contributed by atoms with E-state index in [-0.39, 0.29) is 18.0 Å². The zero-order chi connectivity index (χ0) is 9.14. The van der Waals surface area contributed by atoms with E-state index in [1.165, 1.54) is 12.1 Å². The number of carbonyl (C=O) groups is 1. The number of amidine groups is 1. The fourth-order valence-electron chi connectivity index (χ4n) is 0.767. The third-order valence-electron chi connectivity index (χ3n) is 1.25. The van der Waals surface area contributed by atoms with Crippen LogP contribution >= 0.6 is 0 Å². The van der Waals surface area contributed by atoms with Crippen LogP contribution in [0, 0.1) is 5.41 Å². The molecule has 0 atom stereocenters. The third kappa shape index (κ3) is 1.85. The highest BCUT2D eigenvalue weighted by atomic mass is 16.4. The zero-order valence-corrected chi connectivity index (χ0v) is 6.20. The summed E-state index contributed by atoms with van der Waals surface area (Å²) in [6.45, 7) is 0. The molecule has 0 amide bonds. The molecule has 1 heterocycles. The van der Waals surface area contributed by atoms with Crippen molar-refractivity contribution in [2.45, 2.75) is 6.42 Å². The van der Waals surface area contributed by atoms with Crippen LogP contribution in [0.15, 0.2) is 16.5 Å². The molecule has 0 aromatic carbocycles. The lowest BCUT2D eigenvalue weighted by Gasteiger charge is -1.90. The molecule has 0 aliphatic carbocycles. The minimum Gasteiger partial charge on any atom is -0.481 e. The molecule has 0 radical (unpaired) electrons. The molecule has 0 fully saturated rings. The summed E-state index contributed by atoms with van der Waals surface area (Å²) in [6, 6.07) is 2.96. The van der Waals surface area contributed by atoms with Crippen molar-refractivity contribution in [2.24, 2.45) is 5.73 Å². The summed E-state index contributed by atoms with van der Waals surface area (Å²) < 4.78 is 4.93. The molecule has 1 rings (SSSR count). The summed E-state index contributed by atoms with van der Waals surface area (Å²) in [4.78, 5) is 10.2. The topological polar surface area (TPSA) is 100 Å². The van der Waals surface area contributed by atoms with E-state index >= 15 is 0 Å². The first-order valence-corrected chi connectivity index (χ1v) is 3.24. The van der Waals surface area contributed by atoms with E-state index in [0.717, 1.165) is 0 Å². The monoisotopic (exact) mass is 168 g/mol. The van der Waals surface area contributed by atoms with Crippen LogP contribution in [-0.4, -0.2) is 16.9 Å². The van der Waals surface area contributed by atoms with Crippen molar-refractivity contribution in [1.82, 2.24) is 0 Å². The van der Waals surface area contributed by atoms with Crippen LogP contribution < -0.4 is 5.73 Å². The number of nitrogens with one attached hydrogen (secondary N) is 1. The number of carboxylic acids is 1. The normalized spacial score (nSPS) is 9.67. The fraction of sp³-hybridized carbons (Fsp3) is 0.143. The second-order valence-corrected chi connectivity index (χ2v) is 2.25. The fourth-order valence-corrected chi connectivity index (χ4v) is 0.767. The van der Waals surface area contributed by atoms with Crippen molar-refractivity contribution < 1.29 is 14.3 Å².